The zero-order valence-electron chi connectivity index (χ0n) is 22.3. The van der Waals surface area contributed by atoms with Gasteiger partial charge in [-0.1, -0.05) is 30.3 Å². The molecule has 2 aliphatic rings. The molecule has 12 heteroatoms. The molecule has 7 nitrogen and oxygen atoms in total. The third-order valence-electron chi connectivity index (χ3n) is 7.59. The largest absolute Gasteiger partial charge is 0.483 e. The van der Waals surface area contributed by atoms with Crippen molar-refractivity contribution in [2.24, 2.45) is 0 Å². The molecule has 0 spiro atoms. The third-order valence-corrected chi connectivity index (χ3v) is 7.59. The van der Waals surface area contributed by atoms with Crippen LogP contribution in [0.5, 0.6) is 5.75 Å². The summed E-state index contributed by atoms with van der Waals surface area (Å²) in [6.45, 7) is -0.798. The first-order chi connectivity index (χ1) is 20.6. The van der Waals surface area contributed by atoms with Crippen molar-refractivity contribution in [1.82, 2.24) is 9.88 Å². The van der Waals surface area contributed by atoms with E-state index in [1.807, 2.05) is 0 Å². The monoisotopic (exact) mass is 595 g/mol. The van der Waals surface area contributed by atoms with Gasteiger partial charge in [0.25, 0.3) is 11.8 Å². The van der Waals surface area contributed by atoms with Crippen molar-refractivity contribution >= 4 is 17.5 Å². The fourth-order valence-corrected chi connectivity index (χ4v) is 5.43. The summed E-state index contributed by atoms with van der Waals surface area (Å²) in [5, 5.41) is 2.28. The zero-order valence-corrected chi connectivity index (χ0v) is 22.3. The topological polar surface area (TPSA) is 80.6 Å². The number of anilines is 1. The number of aryl methyl sites for hydroxylation is 1. The summed E-state index contributed by atoms with van der Waals surface area (Å²) in [7, 11) is 0. The molecule has 3 heterocycles. The summed E-state index contributed by atoms with van der Waals surface area (Å²) >= 11 is 0. The molecule has 0 saturated carbocycles. The lowest BCUT2D eigenvalue weighted by atomic mass is 10.0. The highest BCUT2D eigenvalue weighted by atomic mass is 19.2. The van der Waals surface area contributed by atoms with Gasteiger partial charge in [-0.3, -0.25) is 14.4 Å². The summed E-state index contributed by atoms with van der Waals surface area (Å²) in [5.74, 6) is -7.93. The summed E-state index contributed by atoms with van der Waals surface area (Å²) in [5.41, 5.74) is -0.986. The van der Waals surface area contributed by atoms with E-state index >= 15 is 0 Å². The first-order valence-electron chi connectivity index (χ1n) is 13.3. The van der Waals surface area contributed by atoms with E-state index in [4.69, 9.17) is 4.74 Å². The van der Waals surface area contributed by atoms with Gasteiger partial charge in [-0.25, -0.2) is 22.0 Å². The van der Waals surface area contributed by atoms with Crippen molar-refractivity contribution in [2.45, 2.75) is 32.0 Å². The number of carbonyl (C=O) groups is 2. The number of hydrogen-bond acceptors (Lipinski definition) is 4. The van der Waals surface area contributed by atoms with Gasteiger partial charge >= 0.3 is 0 Å². The van der Waals surface area contributed by atoms with Crippen LogP contribution in [0.15, 0.2) is 65.6 Å². The highest BCUT2D eigenvalue weighted by Crippen LogP contribution is 2.38. The molecule has 2 amide bonds. The molecule has 0 radical (unpaired) electrons. The molecule has 220 valence electrons. The Hall–Kier alpha value is -5.00. The molecule has 0 saturated heterocycles. The number of pyridine rings is 1. The predicted octanol–water partition coefficient (Wildman–Crippen LogP) is 5.20. The van der Waals surface area contributed by atoms with Crippen LogP contribution in [-0.2, 0) is 19.6 Å². The Kier molecular flexibility index (Phi) is 7.20. The Bertz CT molecular complexity index is 1820. The van der Waals surface area contributed by atoms with Crippen molar-refractivity contribution in [3.63, 3.8) is 0 Å². The van der Waals surface area contributed by atoms with Crippen LogP contribution >= 0.6 is 0 Å². The Balaban J connectivity index is 1.42. The molecular formula is C31H22F5N3O4. The van der Waals surface area contributed by atoms with Gasteiger partial charge in [-0.05, 0) is 30.0 Å². The van der Waals surface area contributed by atoms with Crippen molar-refractivity contribution in [3.8, 4) is 5.75 Å². The number of nitrogens with zero attached hydrogens (tertiary/aromatic N) is 2. The highest BCUT2D eigenvalue weighted by Gasteiger charge is 2.39. The second-order valence-corrected chi connectivity index (χ2v) is 10.3. The van der Waals surface area contributed by atoms with Crippen LogP contribution in [0.1, 0.15) is 50.0 Å². The average Bonchev–Trinajstić information content (AvgIpc) is 3.13. The van der Waals surface area contributed by atoms with Crippen molar-refractivity contribution < 1.29 is 36.3 Å². The van der Waals surface area contributed by atoms with E-state index in [9.17, 15) is 36.3 Å². The lowest BCUT2D eigenvalue weighted by molar-refractivity contribution is 0.0927. The Labute approximate surface area is 241 Å². The van der Waals surface area contributed by atoms with Crippen LogP contribution < -0.4 is 20.4 Å². The second kappa shape index (κ2) is 11.0. The average molecular weight is 596 g/mol. The minimum absolute atomic E-state index is 0.0396. The lowest BCUT2D eigenvalue weighted by Gasteiger charge is -2.35. The van der Waals surface area contributed by atoms with E-state index in [0.717, 1.165) is 12.1 Å². The van der Waals surface area contributed by atoms with E-state index in [1.54, 1.807) is 30.3 Å². The Morgan fingerprint density at radius 3 is 2.35 bits per heavy atom. The number of halogens is 5. The third kappa shape index (κ3) is 5.13. The molecule has 0 fully saturated rings. The quantitative estimate of drug-likeness (QED) is 0.311. The van der Waals surface area contributed by atoms with E-state index in [0.29, 0.717) is 29.7 Å². The predicted molar refractivity (Wildman–Crippen MR) is 144 cm³/mol. The maximum atomic E-state index is 14.2. The number of rotatable bonds is 6. The fraction of sp³-hybridized carbons (Fsp3) is 0.194. The molecule has 1 unspecified atom stereocenters. The smallest absolute Gasteiger partial charge is 0.279 e. The van der Waals surface area contributed by atoms with Crippen LogP contribution in [0.4, 0.5) is 27.6 Å². The molecule has 3 aromatic carbocycles. The molecule has 6 rings (SSSR count). The maximum Gasteiger partial charge on any atom is 0.279 e. The normalized spacial score (nSPS) is 15.4. The number of amides is 2. The molecule has 0 aliphatic carbocycles. The maximum absolute atomic E-state index is 14.2. The molecule has 4 aromatic rings. The van der Waals surface area contributed by atoms with Gasteiger partial charge in [0.1, 0.15) is 29.6 Å². The zero-order chi connectivity index (χ0) is 30.4. The van der Waals surface area contributed by atoms with Gasteiger partial charge in [-0.2, -0.15) is 0 Å². The van der Waals surface area contributed by atoms with Crippen LogP contribution in [0.25, 0.3) is 0 Å². The number of carbonyl (C=O) groups excluding carboxylic acids is 2. The first kappa shape index (κ1) is 28.1. The summed E-state index contributed by atoms with van der Waals surface area (Å²) < 4.78 is 77.3. The van der Waals surface area contributed by atoms with Gasteiger partial charge in [0.2, 0.25) is 5.43 Å². The van der Waals surface area contributed by atoms with E-state index in [1.165, 1.54) is 15.7 Å². The van der Waals surface area contributed by atoms with Gasteiger partial charge in [0.05, 0.1) is 11.7 Å². The number of ether oxygens (including phenoxy) is 1. The highest BCUT2D eigenvalue weighted by molar-refractivity contribution is 6.09. The molecule has 1 atom stereocenters. The molecule has 1 N–H and O–H groups in total. The van der Waals surface area contributed by atoms with Crippen LogP contribution in [0.3, 0.4) is 0 Å². The lowest BCUT2D eigenvalue weighted by Crippen LogP contribution is -2.45. The number of hydrogen-bond donors (Lipinski definition) is 1. The molecule has 2 aliphatic heterocycles. The van der Waals surface area contributed by atoms with E-state index < -0.39 is 75.8 Å². The van der Waals surface area contributed by atoms with Crippen molar-refractivity contribution in [2.75, 3.05) is 11.4 Å². The number of fused-ring (bicyclic) bond motifs is 6. The Morgan fingerprint density at radius 2 is 1.63 bits per heavy atom. The SMILES string of the molecule is O=C(NCc1c(F)cc(F)cc1F)c1cn2c(c(OCc3ccccc3)c1=O)C(=O)N1CC2CCc2cc(F)c(F)cc21. The number of aromatic nitrogens is 1. The van der Waals surface area contributed by atoms with Gasteiger partial charge in [0.15, 0.2) is 23.1 Å². The van der Waals surface area contributed by atoms with Crippen molar-refractivity contribution in [1.29, 1.82) is 0 Å². The van der Waals surface area contributed by atoms with Gasteiger partial charge < -0.3 is 19.5 Å². The number of benzene rings is 3. The minimum Gasteiger partial charge on any atom is -0.483 e. The molecular weight excluding hydrogens is 573 g/mol. The van der Waals surface area contributed by atoms with E-state index in [-0.39, 0.29) is 31.0 Å². The summed E-state index contributed by atoms with van der Waals surface area (Å²) in [6.07, 6.45) is 1.77. The molecule has 2 bridgehead atoms. The summed E-state index contributed by atoms with van der Waals surface area (Å²) in [4.78, 5) is 42.1. The Morgan fingerprint density at radius 1 is 0.930 bits per heavy atom. The molecule has 1 aromatic heterocycles. The fourth-order valence-electron chi connectivity index (χ4n) is 5.43. The van der Waals surface area contributed by atoms with Crippen LogP contribution in [-0.4, -0.2) is 22.9 Å². The standard InChI is InChI=1S/C31H22F5N3O4/c32-18-9-22(33)20(23(34)10-18)12-37-30(41)21-14-38-19-7-6-17-8-24(35)25(36)11-26(17)39(13-19)31(42)27(38)29(28(21)40)43-15-16-4-2-1-3-5-16/h1-5,8-11,14,19H,6-7,12-13,15H2,(H,37,41). The molecule has 43 heavy (non-hydrogen) atoms. The van der Waals surface area contributed by atoms with Crippen LogP contribution in [0.2, 0.25) is 0 Å². The van der Waals surface area contributed by atoms with Crippen molar-refractivity contribution in [3.05, 3.63) is 128 Å². The minimum atomic E-state index is -1.22. The van der Waals surface area contributed by atoms with Crippen LogP contribution in [0, 0.1) is 29.1 Å². The van der Waals surface area contributed by atoms with Gasteiger partial charge in [-0.15, -0.1) is 0 Å². The van der Waals surface area contributed by atoms with Gasteiger partial charge in [0, 0.05) is 43.0 Å². The van der Waals surface area contributed by atoms with E-state index in [2.05, 4.69) is 5.32 Å². The first-order valence-corrected chi connectivity index (χ1v) is 13.3. The second-order valence-electron chi connectivity index (χ2n) is 10.3. The number of nitrogens with one attached hydrogen (secondary N) is 1. The summed E-state index contributed by atoms with van der Waals surface area (Å²) in [6, 6.07) is 11.1.